The van der Waals surface area contributed by atoms with Gasteiger partial charge in [-0.15, -0.1) is 0 Å². The van der Waals surface area contributed by atoms with Gasteiger partial charge in [0.25, 0.3) is 5.89 Å². The van der Waals surface area contributed by atoms with Crippen LogP contribution >= 0.6 is 0 Å². The maximum Gasteiger partial charge on any atom is 0.261 e. The fraction of sp³-hybridized carbons (Fsp3) is 0.318. The monoisotopic (exact) mass is 409 g/mol. The fourth-order valence-corrected chi connectivity index (χ4v) is 3.53. The van der Waals surface area contributed by atoms with E-state index in [9.17, 15) is 4.79 Å². The van der Waals surface area contributed by atoms with Crippen molar-refractivity contribution < 1.29 is 23.5 Å². The third kappa shape index (κ3) is 3.94. The summed E-state index contributed by atoms with van der Waals surface area (Å²) in [7, 11) is 4.79. The molecule has 0 aliphatic carbocycles. The van der Waals surface area contributed by atoms with Gasteiger partial charge in [-0.2, -0.15) is 4.98 Å². The summed E-state index contributed by atoms with van der Waals surface area (Å²) in [5.41, 5.74) is 1.72. The van der Waals surface area contributed by atoms with Gasteiger partial charge in [0, 0.05) is 31.5 Å². The van der Waals surface area contributed by atoms with Crippen LogP contribution in [-0.4, -0.2) is 48.8 Å². The number of benzene rings is 2. The molecule has 0 bridgehead atoms. The lowest BCUT2D eigenvalue weighted by molar-refractivity contribution is -0.128. The summed E-state index contributed by atoms with van der Waals surface area (Å²) in [5, 5.41) is 4.12. The zero-order valence-corrected chi connectivity index (χ0v) is 17.1. The van der Waals surface area contributed by atoms with Crippen molar-refractivity contribution >= 4 is 5.91 Å². The lowest BCUT2D eigenvalue weighted by Gasteiger charge is -2.16. The highest BCUT2D eigenvalue weighted by Crippen LogP contribution is 2.34. The van der Waals surface area contributed by atoms with Crippen molar-refractivity contribution in [2.75, 3.05) is 27.9 Å². The summed E-state index contributed by atoms with van der Waals surface area (Å²) in [6.07, 6.45) is 0.356. The molecule has 8 nitrogen and oxygen atoms in total. The first-order valence-corrected chi connectivity index (χ1v) is 9.58. The van der Waals surface area contributed by atoms with Gasteiger partial charge in [-0.25, -0.2) is 0 Å². The molecule has 0 saturated carbocycles. The molecule has 1 aliphatic rings. The predicted molar refractivity (Wildman–Crippen MR) is 109 cm³/mol. The molecular formula is C22H23N3O5. The molecule has 3 aromatic rings. The zero-order valence-electron chi connectivity index (χ0n) is 17.1. The second-order valence-corrected chi connectivity index (χ2v) is 7.05. The van der Waals surface area contributed by atoms with Crippen LogP contribution in [0.2, 0.25) is 0 Å². The number of ether oxygens (including phenoxy) is 3. The number of carbonyl (C=O) groups is 1. The fourth-order valence-electron chi connectivity index (χ4n) is 3.53. The van der Waals surface area contributed by atoms with Gasteiger partial charge in [-0.05, 0) is 29.8 Å². The summed E-state index contributed by atoms with van der Waals surface area (Å²) >= 11 is 0. The van der Waals surface area contributed by atoms with Crippen molar-refractivity contribution in [3.63, 3.8) is 0 Å². The molecule has 8 heteroatoms. The topological polar surface area (TPSA) is 86.9 Å². The van der Waals surface area contributed by atoms with Crippen molar-refractivity contribution in [2.45, 2.75) is 18.9 Å². The summed E-state index contributed by atoms with van der Waals surface area (Å²) in [5.74, 6) is 2.87. The number of amides is 1. The Morgan fingerprint density at radius 2 is 1.77 bits per heavy atom. The molecule has 4 rings (SSSR count). The number of methoxy groups -OCH3 is 3. The van der Waals surface area contributed by atoms with Crippen LogP contribution in [0.15, 0.2) is 47.0 Å². The van der Waals surface area contributed by atoms with Gasteiger partial charge in [-0.3, -0.25) is 4.79 Å². The highest BCUT2D eigenvalue weighted by molar-refractivity contribution is 5.79. The van der Waals surface area contributed by atoms with Crippen LogP contribution in [0.3, 0.4) is 0 Å². The first kappa shape index (κ1) is 19.8. The van der Waals surface area contributed by atoms with E-state index in [1.54, 1.807) is 33.5 Å². The SMILES string of the molecule is COc1ccc(CN2CC(c3noc(-c4ccc(OC)cc4OC)n3)CC2=O)cc1. The van der Waals surface area contributed by atoms with Gasteiger partial charge in [0.05, 0.1) is 26.9 Å². The molecule has 2 aromatic carbocycles. The van der Waals surface area contributed by atoms with E-state index in [0.717, 1.165) is 11.3 Å². The third-order valence-electron chi connectivity index (χ3n) is 5.19. The summed E-state index contributed by atoms with van der Waals surface area (Å²) in [6, 6.07) is 13.1. The number of hydrogen-bond donors (Lipinski definition) is 0. The molecule has 0 N–H and O–H groups in total. The molecular weight excluding hydrogens is 386 g/mol. The number of nitrogens with zero attached hydrogens (tertiary/aromatic N) is 3. The zero-order chi connectivity index (χ0) is 21.1. The molecule has 1 aromatic heterocycles. The molecule has 1 atom stereocenters. The number of rotatable bonds is 7. The van der Waals surface area contributed by atoms with Gasteiger partial charge in [0.15, 0.2) is 5.82 Å². The van der Waals surface area contributed by atoms with E-state index in [2.05, 4.69) is 10.1 Å². The smallest absolute Gasteiger partial charge is 0.261 e. The first-order chi connectivity index (χ1) is 14.6. The van der Waals surface area contributed by atoms with Crippen LogP contribution < -0.4 is 14.2 Å². The molecule has 156 valence electrons. The normalized spacial score (nSPS) is 16.0. The van der Waals surface area contributed by atoms with Crippen LogP contribution in [0, 0.1) is 0 Å². The Labute approximate surface area is 174 Å². The van der Waals surface area contributed by atoms with Crippen molar-refractivity contribution in [1.82, 2.24) is 15.0 Å². The third-order valence-corrected chi connectivity index (χ3v) is 5.19. The van der Waals surface area contributed by atoms with Gasteiger partial charge in [-0.1, -0.05) is 17.3 Å². The summed E-state index contributed by atoms with van der Waals surface area (Å²) in [6.45, 7) is 1.08. The molecule has 0 spiro atoms. The van der Waals surface area contributed by atoms with E-state index in [1.807, 2.05) is 35.2 Å². The Morgan fingerprint density at radius 3 is 2.47 bits per heavy atom. The Bertz CT molecular complexity index is 1030. The van der Waals surface area contributed by atoms with Crippen LogP contribution in [0.25, 0.3) is 11.5 Å². The first-order valence-electron chi connectivity index (χ1n) is 9.58. The van der Waals surface area contributed by atoms with E-state index in [4.69, 9.17) is 18.7 Å². The quantitative estimate of drug-likeness (QED) is 0.592. The molecule has 1 amide bonds. The average Bonchev–Trinajstić information content (AvgIpc) is 3.41. The minimum absolute atomic E-state index is 0.0733. The largest absolute Gasteiger partial charge is 0.497 e. The van der Waals surface area contributed by atoms with Crippen molar-refractivity contribution in [1.29, 1.82) is 0 Å². The molecule has 0 radical (unpaired) electrons. The maximum atomic E-state index is 12.5. The van der Waals surface area contributed by atoms with E-state index >= 15 is 0 Å². The van der Waals surface area contributed by atoms with E-state index in [1.165, 1.54) is 0 Å². The van der Waals surface area contributed by atoms with Crippen LogP contribution in [-0.2, 0) is 11.3 Å². The Hall–Kier alpha value is -3.55. The van der Waals surface area contributed by atoms with Crippen LogP contribution in [0.1, 0.15) is 23.7 Å². The second kappa shape index (κ2) is 8.44. The Balaban J connectivity index is 1.48. The van der Waals surface area contributed by atoms with Crippen molar-refractivity contribution in [3.05, 3.63) is 53.9 Å². The number of carbonyl (C=O) groups excluding carboxylic acids is 1. The number of hydrogen-bond acceptors (Lipinski definition) is 7. The Kier molecular flexibility index (Phi) is 5.56. The average molecular weight is 409 g/mol. The van der Waals surface area contributed by atoms with E-state index < -0.39 is 0 Å². The minimum atomic E-state index is -0.113. The highest BCUT2D eigenvalue weighted by atomic mass is 16.5. The van der Waals surface area contributed by atoms with Gasteiger partial charge < -0.3 is 23.6 Å². The highest BCUT2D eigenvalue weighted by Gasteiger charge is 2.34. The molecule has 1 saturated heterocycles. The standard InChI is InChI=1S/C22H23N3O5/c1-27-16-6-4-14(5-7-16)12-25-13-15(10-20(25)26)21-23-22(30-24-21)18-9-8-17(28-2)11-19(18)29-3/h4-9,11,15H,10,12-13H2,1-3H3. The number of likely N-dealkylation sites (tertiary alicyclic amines) is 1. The molecule has 1 aliphatic heterocycles. The van der Waals surface area contributed by atoms with Gasteiger partial charge in [0.2, 0.25) is 5.91 Å². The van der Waals surface area contributed by atoms with Crippen molar-refractivity contribution in [3.8, 4) is 28.7 Å². The minimum Gasteiger partial charge on any atom is -0.497 e. The molecule has 1 fully saturated rings. The van der Waals surface area contributed by atoms with E-state index in [0.29, 0.717) is 48.3 Å². The lowest BCUT2D eigenvalue weighted by Crippen LogP contribution is -2.24. The van der Waals surface area contributed by atoms with E-state index in [-0.39, 0.29) is 11.8 Å². The van der Waals surface area contributed by atoms with Crippen LogP contribution in [0.5, 0.6) is 17.2 Å². The number of aromatic nitrogens is 2. The summed E-state index contributed by atoms with van der Waals surface area (Å²) < 4.78 is 21.3. The van der Waals surface area contributed by atoms with Gasteiger partial charge in [0.1, 0.15) is 17.2 Å². The Morgan fingerprint density at radius 1 is 1.03 bits per heavy atom. The molecule has 2 heterocycles. The van der Waals surface area contributed by atoms with Crippen LogP contribution in [0.4, 0.5) is 0 Å². The lowest BCUT2D eigenvalue weighted by atomic mass is 10.1. The van der Waals surface area contributed by atoms with Gasteiger partial charge >= 0.3 is 0 Å². The molecule has 1 unspecified atom stereocenters. The molecule has 30 heavy (non-hydrogen) atoms. The summed E-state index contributed by atoms with van der Waals surface area (Å²) in [4.78, 5) is 18.9. The van der Waals surface area contributed by atoms with Crippen molar-refractivity contribution in [2.24, 2.45) is 0 Å². The second-order valence-electron chi connectivity index (χ2n) is 7.05. The predicted octanol–water partition coefficient (Wildman–Crippen LogP) is 3.28. The maximum absolute atomic E-state index is 12.5.